The predicted octanol–water partition coefficient (Wildman–Crippen LogP) is 3.18. The lowest BCUT2D eigenvalue weighted by atomic mass is 10.1. The van der Waals surface area contributed by atoms with E-state index in [0.29, 0.717) is 12.8 Å². The van der Waals surface area contributed by atoms with E-state index in [1.807, 2.05) is 26.8 Å². The number of dihydropyridines is 1. The SMILES string of the molecule is CC.CC1=C/C(=C/C=N)C(=N)N=C1.CF. The minimum absolute atomic E-state index is 0.221. The van der Waals surface area contributed by atoms with E-state index in [0.717, 1.165) is 11.8 Å². The first-order chi connectivity index (χ1) is 7.24. The number of hydrogen-bond donors (Lipinski definition) is 2. The highest BCUT2D eigenvalue weighted by atomic mass is 19.1. The number of nitrogens with zero attached hydrogens (tertiary/aromatic N) is 1. The molecule has 0 fully saturated rings. The molecule has 0 aromatic carbocycles. The van der Waals surface area contributed by atoms with Crippen LogP contribution in [0.2, 0.25) is 0 Å². The molecule has 0 saturated carbocycles. The van der Waals surface area contributed by atoms with Gasteiger partial charge in [0.2, 0.25) is 0 Å². The molecule has 84 valence electrons. The second kappa shape index (κ2) is 10.5. The summed E-state index contributed by atoms with van der Waals surface area (Å²) in [6.07, 6.45) is 6.20. The molecule has 2 N–H and O–H groups in total. The highest BCUT2D eigenvalue weighted by molar-refractivity contribution is 6.10. The molecule has 1 rings (SSSR count). The second-order valence-electron chi connectivity index (χ2n) is 2.28. The zero-order valence-corrected chi connectivity index (χ0v) is 9.63. The van der Waals surface area contributed by atoms with Gasteiger partial charge in [-0.25, -0.2) is 4.99 Å². The largest absolute Gasteiger partial charge is 0.309 e. The van der Waals surface area contributed by atoms with Crippen LogP contribution < -0.4 is 0 Å². The van der Waals surface area contributed by atoms with Crippen LogP contribution in [0.15, 0.2) is 28.3 Å². The smallest absolute Gasteiger partial charge is 0.151 e. The van der Waals surface area contributed by atoms with Crippen LogP contribution in [0.5, 0.6) is 0 Å². The molecule has 0 aromatic heterocycles. The quantitative estimate of drug-likeness (QED) is 0.626. The molecular formula is C11H18FN3. The van der Waals surface area contributed by atoms with Crippen LogP contribution >= 0.6 is 0 Å². The normalized spacial score (nSPS) is 15.7. The van der Waals surface area contributed by atoms with Gasteiger partial charge in [-0.05, 0) is 24.6 Å². The number of aliphatic imine (C=N–C) groups is 1. The van der Waals surface area contributed by atoms with E-state index in [1.54, 1.807) is 12.3 Å². The summed E-state index contributed by atoms with van der Waals surface area (Å²) >= 11 is 0. The molecular weight excluding hydrogens is 193 g/mol. The van der Waals surface area contributed by atoms with Crippen molar-refractivity contribution in [3.63, 3.8) is 0 Å². The van der Waals surface area contributed by atoms with Crippen LogP contribution in [-0.4, -0.2) is 25.4 Å². The minimum atomic E-state index is 0.221. The molecule has 15 heavy (non-hydrogen) atoms. The van der Waals surface area contributed by atoms with Crippen molar-refractivity contribution < 1.29 is 4.39 Å². The third-order valence-corrected chi connectivity index (χ3v) is 1.32. The van der Waals surface area contributed by atoms with Gasteiger partial charge in [-0.15, -0.1) is 0 Å². The Hall–Kier alpha value is -1.58. The van der Waals surface area contributed by atoms with E-state index in [4.69, 9.17) is 10.8 Å². The second-order valence-corrected chi connectivity index (χ2v) is 2.28. The maximum absolute atomic E-state index is 9.50. The van der Waals surface area contributed by atoms with Gasteiger partial charge in [-0.2, -0.15) is 0 Å². The average molecular weight is 211 g/mol. The summed E-state index contributed by atoms with van der Waals surface area (Å²) in [6.45, 7) is 5.91. The Bertz CT molecular complexity index is 288. The van der Waals surface area contributed by atoms with Gasteiger partial charge < -0.3 is 5.41 Å². The molecule has 1 aliphatic rings. The number of alkyl halides is 1. The first kappa shape index (κ1) is 15.9. The highest BCUT2D eigenvalue weighted by Gasteiger charge is 2.03. The monoisotopic (exact) mass is 211 g/mol. The van der Waals surface area contributed by atoms with Crippen LogP contribution in [0.3, 0.4) is 0 Å². The van der Waals surface area contributed by atoms with Crippen molar-refractivity contribution >= 4 is 18.3 Å². The molecule has 0 spiro atoms. The lowest BCUT2D eigenvalue weighted by molar-refractivity contribution is 0.636. The minimum Gasteiger partial charge on any atom is -0.309 e. The van der Waals surface area contributed by atoms with Crippen molar-refractivity contribution in [3.8, 4) is 0 Å². The topological polar surface area (TPSA) is 60.1 Å². The number of halogens is 1. The molecule has 0 aliphatic carbocycles. The van der Waals surface area contributed by atoms with E-state index in [-0.39, 0.29) is 5.84 Å². The van der Waals surface area contributed by atoms with Crippen molar-refractivity contribution in [2.45, 2.75) is 20.8 Å². The Morgan fingerprint density at radius 3 is 2.33 bits per heavy atom. The number of rotatable bonds is 1. The molecule has 3 nitrogen and oxygen atoms in total. The van der Waals surface area contributed by atoms with Gasteiger partial charge in [-0.1, -0.05) is 13.8 Å². The average Bonchev–Trinajstić information content (AvgIpc) is 2.29. The lowest BCUT2D eigenvalue weighted by Crippen LogP contribution is -2.02. The molecule has 0 aromatic rings. The van der Waals surface area contributed by atoms with Gasteiger partial charge in [0.05, 0.1) is 7.18 Å². The summed E-state index contributed by atoms with van der Waals surface area (Å²) < 4.78 is 9.50. The van der Waals surface area contributed by atoms with Crippen LogP contribution in [0.4, 0.5) is 4.39 Å². The van der Waals surface area contributed by atoms with E-state index >= 15 is 0 Å². The third-order valence-electron chi connectivity index (χ3n) is 1.32. The fraction of sp³-hybridized carbons (Fsp3) is 0.364. The van der Waals surface area contributed by atoms with E-state index < -0.39 is 0 Å². The Balaban J connectivity index is 0. The van der Waals surface area contributed by atoms with Gasteiger partial charge in [0.15, 0.2) is 5.84 Å². The van der Waals surface area contributed by atoms with Gasteiger partial charge in [0.1, 0.15) is 0 Å². The first-order valence-corrected chi connectivity index (χ1v) is 4.64. The molecule has 0 amide bonds. The van der Waals surface area contributed by atoms with Crippen molar-refractivity contribution in [3.05, 3.63) is 23.3 Å². The van der Waals surface area contributed by atoms with E-state index in [2.05, 4.69) is 4.99 Å². The maximum Gasteiger partial charge on any atom is 0.151 e. The predicted molar refractivity (Wildman–Crippen MR) is 65.2 cm³/mol. The highest BCUT2D eigenvalue weighted by Crippen LogP contribution is 2.08. The van der Waals surface area contributed by atoms with Crippen LogP contribution in [0.1, 0.15) is 20.8 Å². The molecule has 0 bridgehead atoms. The van der Waals surface area contributed by atoms with Crippen molar-refractivity contribution in [2.75, 3.05) is 7.18 Å². The number of nitrogens with one attached hydrogen (secondary N) is 2. The molecule has 0 unspecified atom stereocenters. The Morgan fingerprint density at radius 1 is 1.33 bits per heavy atom. The Labute approximate surface area is 90.4 Å². The van der Waals surface area contributed by atoms with Crippen LogP contribution in [-0.2, 0) is 0 Å². The van der Waals surface area contributed by atoms with Crippen LogP contribution in [0, 0.1) is 10.8 Å². The summed E-state index contributed by atoms with van der Waals surface area (Å²) in [5.74, 6) is 0.221. The molecule has 1 aliphatic heterocycles. The van der Waals surface area contributed by atoms with Gasteiger partial charge in [0.25, 0.3) is 0 Å². The molecule has 0 atom stereocenters. The van der Waals surface area contributed by atoms with E-state index in [9.17, 15) is 4.39 Å². The van der Waals surface area contributed by atoms with Gasteiger partial charge >= 0.3 is 0 Å². The fourth-order valence-corrected chi connectivity index (χ4v) is 0.809. The number of hydrogen-bond acceptors (Lipinski definition) is 2. The van der Waals surface area contributed by atoms with Crippen LogP contribution in [0.25, 0.3) is 0 Å². The fourth-order valence-electron chi connectivity index (χ4n) is 0.809. The molecule has 1 heterocycles. The lowest BCUT2D eigenvalue weighted by Gasteiger charge is -2.04. The molecule has 0 saturated heterocycles. The standard InChI is InChI=1S/C8H9N3.C2H6.CH3F/c1-6-4-7(2-3-9)8(10)11-5-6;2*1-2/h2-5,9-10H,1H3;1-2H3;1H3/b7-2-,9-3?,10-8?;;. The summed E-state index contributed by atoms with van der Waals surface area (Å²) in [4.78, 5) is 3.83. The molecule has 0 radical (unpaired) electrons. The zero-order valence-electron chi connectivity index (χ0n) is 9.63. The zero-order chi connectivity index (χ0) is 12.3. The summed E-state index contributed by atoms with van der Waals surface area (Å²) in [7, 11) is 0.500. The summed E-state index contributed by atoms with van der Waals surface area (Å²) in [5, 5.41) is 14.1. The number of allylic oxidation sites excluding steroid dienone is 2. The van der Waals surface area contributed by atoms with Gasteiger partial charge in [0, 0.05) is 18.0 Å². The third kappa shape index (κ3) is 6.49. The number of amidine groups is 1. The Morgan fingerprint density at radius 2 is 1.87 bits per heavy atom. The maximum atomic E-state index is 9.50. The molecule has 4 heteroatoms. The summed E-state index contributed by atoms with van der Waals surface area (Å²) in [6, 6.07) is 0. The van der Waals surface area contributed by atoms with Crippen molar-refractivity contribution in [1.82, 2.24) is 0 Å². The van der Waals surface area contributed by atoms with Gasteiger partial charge in [-0.3, -0.25) is 9.80 Å². The summed E-state index contributed by atoms with van der Waals surface area (Å²) in [5.41, 5.74) is 1.70. The first-order valence-electron chi connectivity index (χ1n) is 4.64. The Kier molecular flexibility index (Phi) is 11.1. The van der Waals surface area contributed by atoms with E-state index in [1.165, 1.54) is 0 Å². The van der Waals surface area contributed by atoms with Crippen molar-refractivity contribution in [2.24, 2.45) is 4.99 Å². The van der Waals surface area contributed by atoms with Crippen molar-refractivity contribution in [1.29, 1.82) is 10.8 Å².